The fourth-order valence-corrected chi connectivity index (χ4v) is 3.24. The number of hydrogen-bond acceptors (Lipinski definition) is 4. The fraction of sp³-hybridized carbons (Fsp3) is 0.294. The standard InChI is InChI=1S/C17H18FN5O/c18-13-3-1-2-12(8-13)15-10-19-6-7-22(15)11-14-9-17(24)23-16(21-14)4-5-20-23/h1-5,8-9,15,19-20H,6-7,10-11H2. The number of hydrogen-bond donors (Lipinski definition) is 2. The van der Waals surface area contributed by atoms with Gasteiger partial charge in [-0.3, -0.25) is 14.8 Å². The van der Waals surface area contributed by atoms with Gasteiger partial charge in [0.25, 0.3) is 5.56 Å². The number of aromatic nitrogens is 3. The number of halogens is 1. The van der Waals surface area contributed by atoms with Crippen LogP contribution in [0.5, 0.6) is 0 Å². The molecule has 0 spiro atoms. The highest BCUT2D eigenvalue weighted by Crippen LogP contribution is 2.24. The first-order chi connectivity index (χ1) is 11.7. The third-order valence-electron chi connectivity index (χ3n) is 4.39. The molecule has 1 saturated heterocycles. The fourth-order valence-electron chi connectivity index (χ4n) is 3.24. The predicted octanol–water partition coefficient (Wildman–Crippen LogP) is 1.31. The van der Waals surface area contributed by atoms with Crippen LogP contribution in [-0.2, 0) is 6.54 Å². The number of nitrogens with one attached hydrogen (secondary N) is 2. The zero-order valence-electron chi connectivity index (χ0n) is 13.1. The topological polar surface area (TPSA) is 65.4 Å². The molecular formula is C17H18FN5O. The minimum absolute atomic E-state index is 0.0564. The molecule has 1 atom stereocenters. The van der Waals surface area contributed by atoms with Crippen LogP contribution in [0.15, 0.2) is 47.4 Å². The van der Waals surface area contributed by atoms with Crippen LogP contribution in [0, 0.1) is 5.82 Å². The van der Waals surface area contributed by atoms with E-state index < -0.39 is 0 Å². The molecule has 3 aromatic rings. The van der Waals surface area contributed by atoms with E-state index in [2.05, 4.69) is 20.3 Å². The third kappa shape index (κ3) is 2.83. The van der Waals surface area contributed by atoms with Crippen molar-refractivity contribution in [1.29, 1.82) is 0 Å². The number of nitrogens with zero attached hydrogens (tertiary/aromatic N) is 3. The molecule has 1 aliphatic heterocycles. The highest BCUT2D eigenvalue weighted by molar-refractivity contribution is 5.36. The number of aromatic amines is 1. The van der Waals surface area contributed by atoms with Gasteiger partial charge in [-0.1, -0.05) is 12.1 Å². The minimum atomic E-state index is -0.233. The summed E-state index contributed by atoms with van der Waals surface area (Å²) in [5.74, 6) is -0.233. The summed E-state index contributed by atoms with van der Waals surface area (Å²) in [6.45, 7) is 2.97. The van der Waals surface area contributed by atoms with E-state index in [1.54, 1.807) is 30.5 Å². The first kappa shape index (κ1) is 15.0. The van der Waals surface area contributed by atoms with Gasteiger partial charge in [-0.25, -0.2) is 13.9 Å². The molecule has 1 fully saturated rings. The molecule has 3 heterocycles. The van der Waals surface area contributed by atoms with Gasteiger partial charge >= 0.3 is 0 Å². The lowest BCUT2D eigenvalue weighted by Crippen LogP contribution is -2.45. The average molecular weight is 327 g/mol. The second-order valence-electron chi connectivity index (χ2n) is 5.99. The molecule has 1 aliphatic rings. The highest BCUT2D eigenvalue weighted by atomic mass is 19.1. The number of H-pyrrole nitrogens is 1. The van der Waals surface area contributed by atoms with Crippen LogP contribution in [0.1, 0.15) is 17.3 Å². The van der Waals surface area contributed by atoms with Gasteiger partial charge in [0.1, 0.15) is 5.82 Å². The van der Waals surface area contributed by atoms with Gasteiger partial charge in [0.2, 0.25) is 0 Å². The van der Waals surface area contributed by atoms with E-state index in [0.717, 1.165) is 30.9 Å². The normalized spacial score (nSPS) is 19.0. The lowest BCUT2D eigenvalue weighted by Gasteiger charge is -2.36. The van der Waals surface area contributed by atoms with Crippen molar-refractivity contribution in [1.82, 2.24) is 24.8 Å². The summed E-state index contributed by atoms with van der Waals surface area (Å²) in [5, 5.41) is 6.19. The maximum Gasteiger partial charge on any atom is 0.272 e. The molecule has 4 rings (SSSR count). The number of rotatable bonds is 3. The van der Waals surface area contributed by atoms with E-state index in [1.807, 2.05) is 6.07 Å². The zero-order valence-corrected chi connectivity index (χ0v) is 13.1. The molecule has 0 bridgehead atoms. The van der Waals surface area contributed by atoms with Crippen molar-refractivity contribution in [3.63, 3.8) is 0 Å². The van der Waals surface area contributed by atoms with Crippen molar-refractivity contribution in [3.8, 4) is 0 Å². The molecule has 1 aromatic carbocycles. The molecule has 0 saturated carbocycles. The van der Waals surface area contributed by atoms with E-state index in [1.165, 1.54) is 10.6 Å². The molecule has 0 radical (unpaired) electrons. The molecule has 2 N–H and O–H groups in total. The summed E-state index contributed by atoms with van der Waals surface area (Å²) in [4.78, 5) is 18.9. The van der Waals surface area contributed by atoms with Crippen LogP contribution < -0.4 is 10.9 Å². The van der Waals surface area contributed by atoms with E-state index >= 15 is 0 Å². The largest absolute Gasteiger partial charge is 0.314 e. The number of benzene rings is 1. The summed E-state index contributed by atoms with van der Waals surface area (Å²) < 4.78 is 15.0. The molecule has 1 unspecified atom stereocenters. The molecule has 2 aromatic heterocycles. The Morgan fingerprint density at radius 3 is 3.08 bits per heavy atom. The lowest BCUT2D eigenvalue weighted by molar-refractivity contribution is 0.151. The third-order valence-corrected chi connectivity index (χ3v) is 4.39. The predicted molar refractivity (Wildman–Crippen MR) is 88.2 cm³/mol. The van der Waals surface area contributed by atoms with Gasteiger partial charge in [-0.15, -0.1) is 0 Å². The second kappa shape index (κ2) is 6.18. The van der Waals surface area contributed by atoms with Crippen LogP contribution in [0.2, 0.25) is 0 Å². The smallest absolute Gasteiger partial charge is 0.272 e. The van der Waals surface area contributed by atoms with E-state index in [9.17, 15) is 9.18 Å². The van der Waals surface area contributed by atoms with Crippen molar-refractivity contribution >= 4 is 5.65 Å². The van der Waals surface area contributed by atoms with Crippen LogP contribution in [0.25, 0.3) is 5.65 Å². The van der Waals surface area contributed by atoms with E-state index in [-0.39, 0.29) is 17.4 Å². The Labute approximate surface area is 137 Å². The van der Waals surface area contributed by atoms with Gasteiger partial charge in [0.05, 0.1) is 5.69 Å². The summed E-state index contributed by atoms with van der Waals surface area (Å²) in [7, 11) is 0. The van der Waals surface area contributed by atoms with Crippen molar-refractivity contribution in [2.24, 2.45) is 0 Å². The van der Waals surface area contributed by atoms with Crippen molar-refractivity contribution in [3.05, 3.63) is 70.0 Å². The summed E-state index contributed by atoms with van der Waals surface area (Å²) in [6.07, 6.45) is 1.69. The van der Waals surface area contributed by atoms with E-state index in [0.29, 0.717) is 12.2 Å². The van der Waals surface area contributed by atoms with Crippen molar-refractivity contribution in [2.45, 2.75) is 12.6 Å². The Morgan fingerprint density at radius 1 is 1.29 bits per heavy atom. The Kier molecular flexibility index (Phi) is 3.87. The van der Waals surface area contributed by atoms with Crippen LogP contribution >= 0.6 is 0 Å². The van der Waals surface area contributed by atoms with Gasteiger partial charge in [-0.2, -0.15) is 0 Å². The summed E-state index contributed by atoms with van der Waals surface area (Å²) in [5.41, 5.74) is 2.14. The number of fused-ring (bicyclic) bond motifs is 1. The monoisotopic (exact) mass is 327 g/mol. The van der Waals surface area contributed by atoms with Crippen LogP contribution in [0.3, 0.4) is 0 Å². The molecule has 0 amide bonds. The van der Waals surface area contributed by atoms with Gasteiger partial charge < -0.3 is 5.32 Å². The maximum atomic E-state index is 13.6. The Hall–Kier alpha value is -2.51. The summed E-state index contributed by atoms with van der Waals surface area (Å²) >= 11 is 0. The SMILES string of the molecule is O=c1cc(CN2CCNCC2c2cccc(F)c2)nc2cc[nH]n12. The maximum absolute atomic E-state index is 13.6. The van der Waals surface area contributed by atoms with Gasteiger partial charge in [0.15, 0.2) is 5.65 Å². The first-order valence-corrected chi connectivity index (χ1v) is 7.97. The zero-order chi connectivity index (χ0) is 16.5. The quantitative estimate of drug-likeness (QED) is 0.761. The molecule has 24 heavy (non-hydrogen) atoms. The minimum Gasteiger partial charge on any atom is -0.314 e. The second-order valence-corrected chi connectivity index (χ2v) is 5.99. The average Bonchev–Trinajstić information content (AvgIpc) is 3.04. The van der Waals surface area contributed by atoms with Crippen molar-refractivity contribution in [2.75, 3.05) is 19.6 Å². The molecule has 7 heteroatoms. The lowest BCUT2D eigenvalue weighted by atomic mass is 10.0. The Morgan fingerprint density at radius 2 is 2.21 bits per heavy atom. The molecule has 0 aliphatic carbocycles. The van der Waals surface area contributed by atoms with Gasteiger partial charge in [0, 0.05) is 50.6 Å². The highest BCUT2D eigenvalue weighted by Gasteiger charge is 2.24. The number of piperazine rings is 1. The molecular weight excluding hydrogens is 309 g/mol. The molecule has 6 nitrogen and oxygen atoms in total. The van der Waals surface area contributed by atoms with Crippen molar-refractivity contribution < 1.29 is 4.39 Å². The first-order valence-electron chi connectivity index (χ1n) is 7.97. The summed E-state index contributed by atoms with van der Waals surface area (Å²) in [6, 6.07) is 10.1. The van der Waals surface area contributed by atoms with Crippen LogP contribution in [-0.4, -0.2) is 39.1 Å². The van der Waals surface area contributed by atoms with E-state index in [4.69, 9.17) is 0 Å². The van der Waals surface area contributed by atoms with Gasteiger partial charge in [-0.05, 0) is 17.7 Å². The van der Waals surface area contributed by atoms with Crippen LogP contribution in [0.4, 0.5) is 4.39 Å². The Bertz CT molecular complexity index is 918. The molecule has 124 valence electrons. The Balaban J connectivity index is 1.64.